The molecule has 53 heavy (non-hydrogen) atoms. The maximum Gasteiger partial charge on any atom is 0.405 e. The number of Topliss-reactive ketones (excluding diaryl/α,β-unsaturated/α-hetero) is 1. The number of ketones is 2. The zero-order valence-electron chi connectivity index (χ0n) is 30.8. The van der Waals surface area contributed by atoms with Crippen LogP contribution in [0.3, 0.4) is 0 Å². The minimum Gasteiger partial charge on any atom is -0.439 e. The molecule has 0 saturated carbocycles. The lowest BCUT2D eigenvalue weighted by atomic mass is 9.85. The number of benzene rings is 1. The van der Waals surface area contributed by atoms with Gasteiger partial charge in [0.2, 0.25) is 11.6 Å². The molecule has 0 fully saturated rings. The van der Waals surface area contributed by atoms with Gasteiger partial charge in [0.1, 0.15) is 6.10 Å². The number of aryl methyl sites for hydroxylation is 1. The van der Waals surface area contributed by atoms with Gasteiger partial charge in [-0.15, -0.1) is 5.10 Å². The number of fused-ring (bicyclic) bond motifs is 2. The Morgan fingerprint density at radius 3 is 2.38 bits per heavy atom. The van der Waals surface area contributed by atoms with E-state index in [4.69, 9.17) is 19.9 Å². The molecule has 0 unspecified atom stereocenters. The van der Waals surface area contributed by atoms with Crippen molar-refractivity contribution in [1.29, 1.82) is 0 Å². The number of nitrogens with one attached hydrogen (secondary N) is 2. The maximum absolute atomic E-state index is 14.0. The normalized spacial score (nSPS) is 24.9. The third-order valence-electron chi connectivity index (χ3n) is 9.02. The molecule has 282 valence electrons. The quantitative estimate of drug-likeness (QED) is 0.250. The van der Waals surface area contributed by atoms with Crippen LogP contribution in [-0.2, 0) is 28.6 Å². The summed E-state index contributed by atoms with van der Waals surface area (Å²) in [5, 5.41) is 25.2. The first-order valence-electron chi connectivity index (χ1n) is 17.0. The highest BCUT2D eigenvalue weighted by atomic mass is 16.6. The van der Waals surface area contributed by atoms with E-state index < -0.39 is 65.7 Å². The van der Waals surface area contributed by atoms with E-state index in [-0.39, 0.29) is 41.1 Å². The summed E-state index contributed by atoms with van der Waals surface area (Å²) in [4.78, 5) is 67.7. The van der Waals surface area contributed by atoms with Gasteiger partial charge in [0.15, 0.2) is 11.8 Å². The minimum atomic E-state index is -1.06. The van der Waals surface area contributed by atoms with Gasteiger partial charge in [-0.05, 0) is 57.2 Å². The van der Waals surface area contributed by atoms with E-state index in [1.54, 1.807) is 57.2 Å². The Balaban J connectivity index is 1.74. The zero-order valence-corrected chi connectivity index (χ0v) is 30.8. The number of methoxy groups -OCH3 is 2. The highest BCUT2D eigenvalue weighted by molar-refractivity contribution is 6.24. The highest BCUT2D eigenvalue weighted by Gasteiger charge is 2.35. The highest BCUT2D eigenvalue weighted by Crippen LogP contribution is 2.29. The Morgan fingerprint density at radius 2 is 1.74 bits per heavy atom. The van der Waals surface area contributed by atoms with Crippen LogP contribution in [0.25, 0.3) is 5.69 Å². The molecule has 2 aliphatic rings. The molecular weight excluding hydrogens is 684 g/mol. The lowest BCUT2D eigenvalue weighted by molar-refractivity contribution is -0.120. The molecule has 0 spiro atoms. The number of hydrogen-bond acceptors (Lipinski definition) is 11. The molecule has 0 radical (unpaired) electrons. The summed E-state index contributed by atoms with van der Waals surface area (Å²) in [6.45, 7) is 8.39. The van der Waals surface area contributed by atoms with E-state index in [9.17, 15) is 29.1 Å². The van der Waals surface area contributed by atoms with Crippen LogP contribution in [0.1, 0.15) is 56.7 Å². The molecule has 1 aliphatic heterocycles. The summed E-state index contributed by atoms with van der Waals surface area (Å²) in [7, 11) is 2.86. The number of para-hydroxylation sites is 1. The van der Waals surface area contributed by atoms with Crippen molar-refractivity contribution >= 4 is 29.5 Å². The fourth-order valence-electron chi connectivity index (χ4n) is 6.16. The lowest BCUT2D eigenvalue weighted by Gasteiger charge is -2.30. The fraction of sp³-hybridized carbons (Fsp3) is 0.395. The number of hydrogen-bond donors (Lipinski definition) is 4. The summed E-state index contributed by atoms with van der Waals surface area (Å²) < 4.78 is 16.7. The summed E-state index contributed by atoms with van der Waals surface area (Å²) >= 11 is 0. The standard InChI is InChI=1S/C38H46N6O9/c1-20-16-26-32(41-37(49)31-24(5)42-44(43-31)25-13-9-8-10-14-25)28(45)19-27(34(26)47)40-36(48)21(2)12-11-15-29(51-6)35(53-38(39)50)23(4)18-22(3)33(46)30(17-20)52-7/h8-15,18-20,22,29-30,33,35,46H,16-17H2,1-7H3,(H2,39,50)(H,40,48)(H,41,49)/t20-,22+,29+,30+,33-,35+/m1/s1. The SMILES string of the molecule is CO[C@H]1C=CC=C(C)C(=O)NC2=CC(=O)C(NC(=O)c3nn(-c4ccccc4)nc3C)=C(C[C@@H](C)C[C@H](OC)[C@H](O)[C@@H](C)C=C(C)[C@@H]1OC(N)=O)C2=O. The van der Waals surface area contributed by atoms with Crippen molar-refractivity contribution in [3.63, 3.8) is 0 Å². The average Bonchev–Trinajstić information content (AvgIpc) is 3.52. The average molecular weight is 731 g/mol. The van der Waals surface area contributed by atoms with Crippen LogP contribution in [0, 0.1) is 18.8 Å². The van der Waals surface area contributed by atoms with Gasteiger partial charge in [0.25, 0.3) is 11.8 Å². The third-order valence-corrected chi connectivity index (χ3v) is 9.02. The number of primary amides is 1. The van der Waals surface area contributed by atoms with Crippen LogP contribution >= 0.6 is 0 Å². The second kappa shape index (κ2) is 17.8. The molecule has 2 heterocycles. The Kier molecular flexibility index (Phi) is 13.5. The van der Waals surface area contributed by atoms with Gasteiger partial charge in [-0.2, -0.15) is 9.90 Å². The van der Waals surface area contributed by atoms with Crippen LogP contribution in [0.5, 0.6) is 0 Å². The lowest BCUT2D eigenvalue weighted by Crippen LogP contribution is -2.38. The van der Waals surface area contributed by atoms with E-state index in [0.717, 1.165) is 6.08 Å². The predicted octanol–water partition coefficient (Wildman–Crippen LogP) is 3.08. The molecule has 1 aliphatic carbocycles. The van der Waals surface area contributed by atoms with Gasteiger partial charge in [-0.3, -0.25) is 19.2 Å². The van der Waals surface area contributed by atoms with Crippen LogP contribution in [0.15, 0.2) is 88.8 Å². The van der Waals surface area contributed by atoms with Crippen molar-refractivity contribution in [1.82, 2.24) is 25.6 Å². The Morgan fingerprint density at radius 1 is 1.04 bits per heavy atom. The second-order valence-electron chi connectivity index (χ2n) is 13.1. The molecule has 1 aromatic heterocycles. The first-order chi connectivity index (χ1) is 25.1. The molecule has 15 nitrogen and oxygen atoms in total. The molecule has 6 atom stereocenters. The van der Waals surface area contributed by atoms with E-state index >= 15 is 0 Å². The first-order valence-corrected chi connectivity index (χ1v) is 17.0. The van der Waals surface area contributed by atoms with Crippen molar-refractivity contribution in [2.45, 2.75) is 71.9 Å². The van der Waals surface area contributed by atoms with Crippen LogP contribution in [0.4, 0.5) is 4.79 Å². The molecule has 1 aromatic carbocycles. The van der Waals surface area contributed by atoms with Gasteiger partial charge in [0.05, 0.1) is 35.0 Å². The number of aliphatic hydroxyl groups is 1. The maximum atomic E-state index is 14.0. The van der Waals surface area contributed by atoms with E-state index in [0.29, 0.717) is 17.0 Å². The zero-order chi connectivity index (χ0) is 39.0. The van der Waals surface area contributed by atoms with Crippen LogP contribution < -0.4 is 16.4 Å². The summed E-state index contributed by atoms with van der Waals surface area (Å²) in [6.07, 6.45) is 2.79. The van der Waals surface area contributed by atoms with Crippen molar-refractivity contribution in [2.75, 3.05) is 14.2 Å². The number of nitrogens with zero attached hydrogens (tertiary/aromatic N) is 3. The number of rotatable bonds is 6. The Hall–Kier alpha value is -5.51. The summed E-state index contributed by atoms with van der Waals surface area (Å²) in [6, 6.07) is 8.95. The molecular formula is C38H46N6O9. The number of aliphatic hydroxyl groups excluding tert-OH is 1. The number of allylic oxidation sites excluding steroid dienone is 4. The fourth-order valence-corrected chi connectivity index (χ4v) is 6.16. The molecule has 2 aromatic rings. The predicted molar refractivity (Wildman–Crippen MR) is 193 cm³/mol. The number of carbonyl (C=O) groups excluding carboxylic acids is 5. The summed E-state index contributed by atoms with van der Waals surface area (Å²) in [5.74, 6) is -3.71. The molecule has 5 N–H and O–H groups in total. The number of amides is 3. The molecule has 2 bridgehead atoms. The van der Waals surface area contributed by atoms with E-state index in [1.165, 1.54) is 38.1 Å². The number of aromatic nitrogens is 3. The van der Waals surface area contributed by atoms with Crippen LogP contribution in [-0.4, -0.2) is 88.2 Å². The smallest absolute Gasteiger partial charge is 0.405 e. The van der Waals surface area contributed by atoms with Gasteiger partial charge in [-0.1, -0.05) is 56.4 Å². The van der Waals surface area contributed by atoms with Crippen molar-refractivity contribution in [3.8, 4) is 5.69 Å². The number of nitrogens with two attached hydrogens (primary N) is 1. The molecule has 3 amide bonds. The van der Waals surface area contributed by atoms with Crippen molar-refractivity contribution in [2.24, 2.45) is 17.6 Å². The van der Waals surface area contributed by atoms with E-state index in [2.05, 4.69) is 20.8 Å². The van der Waals surface area contributed by atoms with Gasteiger partial charge in [0, 0.05) is 37.4 Å². The monoisotopic (exact) mass is 730 g/mol. The van der Waals surface area contributed by atoms with E-state index in [1.807, 2.05) is 13.0 Å². The number of ether oxygens (including phenoxy) is 3. The van der Waals surface area contributed by atoms with Gasteiger partial charge >= 0.3 is 6.09 Å². The second-order valence-corrected chi connectivity index (χ2v) is 13.1. The molecule has 0 saturated heterocycles. The minimum absolute atomic E-state index is 0.0273. The largest absolute Gasteiger partial charge is 0.439 e. The van der Waals surface area contributed by atoms with Crippen molar-refractivity contribution < 1.29 is 43.3 Å². The first kappa shape index (κ1) is 40.3. The third kappa shape index (κ3) is 9.88. The van der Waals surface area contributed by atoms with Gasteiger partial charge in [-0.25, -0.2) is 4.79 Å². The van der Waals surface area contributed by atoms with Gasteiger partial charge < -0.3 is 35.7 Å². The number of carbonyl (C=O) groups is 5. The van der Waals surface area contributed by atoms with Crippen molar-refractivity contribution in [3.05, 3.63) is 100 Å². The molecule has 4 rings (SSSR count). The Bertz CT molecular complexity index is 1890. The molecule has 15 heteroatoms. The summed E-state index contributed by atoms with van der Waals surface area (Å²) in [5.41, 5.74) is 6.37. The topological polar surface area (TPSA) is 214 Å². The van der Waals surface area contributed by atoms with Crippen LogP contribution in [0.2, 0.25) is 0 Å². The Labute approximate surface area is 307 Å².